The standard InChI is InChI=1S/C14H17BrFNO2/c1-9(11-6-5-10(15)8-12(11)16)17-7-3-2-4-13(17)14(18)19/h5-6,8-9,13H,2-4,7H2,1H3,(H,18,19). The fraction of sp³-hybridized carbons (Fsp3) is 0.500. The lowest BCUT2D eigenvalue weighted by molar-refractivity contribution is -0.145. The minimum absolute atomic E-state index is 0.227. The monoisotopic (exact) mass is 329 g/mol. The van der Waals surface area contributed by atoms with E-state index in [1.165, 1.54) is 6.07 Å². The quantitative estimate of drug-likeness (QED) is 0.921. The molecule has 1 N–H and O–H groups in total. The molecule has 2 atom stereocenters. The predicted molar refractivity (Wildman–Crippen MR) is 74.5 cm³/mol. The Bertz CT molecular complexity index is 481. The first kappa shape index (κ1) is 14.5. The van der Waals surface area contributed by atoms with Crippen LogP contribution in [0.4, 0.5) is 4.39 Å². The zero-order valence-electron chi connectivity index (χ0n) is 10.8. The number of rotatable bonds is 3. The third-order valence-electron chi connectivity index (χ3n) is 3.74. The van der Waals surface area contributed by atoms with Crippen molar-refractivity contribution in [2.24, 2.45) is 0 Å². The summed E-state index contributed by atoms with van der Waals surface area (Å²) in [5, 5.41) is 9.27. The molecule has 1 aliphatic heterocycles. The number of likely N-dealkylation sites (tertiary alicyclic amines) is 1. The molecule has 1 fully saturated rings. The highest BCUT2D eigenvalue weighted by atomic mass is 79.9. The van der Waals surface area contributed by atoms with E-state index >= 15 is 0 Å². The van der Waals surface area contributed by atoms with Gasteiger partial charge in [0.1, 0.15) is 11.9 Å². The van der Waals surface area contributed by atoms with Crippen LogP contribution in [-0.4, -0.2) is 28.6 Å². The average Bonchev–Trinajstić information content (AvgIpc) is 2.38. The van der Waals surface area contributed by atoms with Crippen molar-refractivity contribution in [1.82, 2.24) is 4.90 Å². The smallest absolute Gasteiger partial charge is 0.320 e. The van der Waals surface area contributed by atoms with Crippen molar-refractivity contribution in [2.45, 2.75) is 38.3 Å². The van der Waals surface area contributed by atoms with Crippen LogP contribution in [0, 0.1) is 5.82 Å². The van der Waals surface area contributed by atoms with Crippen LogP contribution < -0.4 is 0 Å². The van der Waals surface area contributed by atoms with E-state index in [-0.39, 0.29) is 11.9 Å². The summed E-state index contributed by atoms with van der Waals surface area (Å²) in [5.41, 5.74) is 0.552. The molecule has 5 heteroatoms. The van der Waals surface area contributed by atoms with Gasteiger partial charge >= 0.3 is 5.97 Å². The van der Waals surface area contributed by atoms with Crippen LogP contribution in [0.15, 0.2) is 22.7 Å². The van der Waals surface area contributed by atoms with E-state index in [1.807, 2.05) is 11.8 Å². The summed E-state index contributed by atoms with van der Waals surface area (Å²) in [7, 11) is 0. The molecule has 1 heterocycles. The van der Waals surface area contributed by atoms with Crippen LogP contribution in [0.1, 0.15) is 37.8 Å². The molecule has 0 aliphatic carbocycles. The number of hydrogen-bond acceptors (Lipinski definition) is 2. The molecule has 1 aromatic carbocycles. The molecule has 3 nitrogen and oxygen atoms in total. The third-order valence-corrected chi connectivity index (χ3v) is 4.23. The molecule has 1 aliphatic rings. The first-order valence-corrected chi connectivity index (χ1v) is 7.23. The van der Waals surface area contributed by atoms with E-state index in [1.54, 1.807) is 12.1 Å². The summed E-state index contributed by atoms with van der Waals surface area (Å²) in [6, 6.07) is 4.19. The molecule has 0 amide bonds. The van der Waals surface area contributed by atoms with Gasteiger partial charge in [0, 0.05) is 16.1 Å². The molecule has 1 saturated heterocycles. The molecule has 0 radical (unpaired) electrons. The van der Waals surface area contributed by atoms with Crippen LogP contribution in [0.3, 0.4) is 0 Å². The normalized spacial score (nSPS) is 22.2. The van der Waals surface area contributed by atoms with Crippen molar-refractivity contribution in [2.75, 3.05) is 6.54 Å². The Morgan fingerprint density at radius 2 is 2.26 bits per heavy atom. The van der Waals surface area contributed by atoms with Gasteiger partial charge in [0.05, 0.1) is 0 Å². The zero-order chi connectivity index (χ0) is 14.0. The number of carbonyl (C=O) groups is 1. The molecular formula is C14H17BrFNO2. The Balaban J connectivity index is 2.25. The van der Waals surface area contributed by atoms with Crippen molar-refractivity contribution in [3.05, 3.63) is 34.1 Å². The number of carboxylic acids is 1. The van der Waals surface area contributed by atoms with Gasteiger partial charge in [-0.2, -0.15) is 0 Å². The molecule has 0 aromatic heterocycles. The second-order valence-electron chi connectivity index (χ2n) is 4.93. The average molecular weight is 330 g/mol. The van der Waals surface area contributed by atoms with Crippen molar-refractivity contribution in [3.8, 4) is 0 Å². The van der Waals surface area contributed by atoms with Gasteiger partial charge in [-0.3, -0.25) is 9.69 Å². The number of nitrogens with zero attached hydrogens (tertiary/aromatic N) is 1. The Hall–Kier alpha value is -0.940. The van der Waals surface area contributed by atoms with Crippen molar-refractivity contribution in [3.63, 3.8) is 0 Å². The van der Waals surface area contributed by atoms with E-state index in [0.717, 1.165) is 12.8 Å². The van der Waals surface area contributed by atoms with Gasteiger partial charge < -0.3 is 5.11 Å². The summed E-state index contributed by atoms with van der Waals surface area (Å²) in [6.07, 6.45) is 2.52. The molecule has 2 rings (SSSR count). The molecule has 2 unspecified atom stereocenters. The number of piperidine rings is 1. The van der Waals surface area contributed by atoms with E-state index in [9.17, 15) is 14.3 Å². The fourth-order valence-corrected chi connectivity index (χ4v) is 3.03. The maximum absolute atomic E-state index is 14.0. The number of benzene rings is 1. The van der Waals surface area contributed by atoms with Gasteiger partial charge in [0.25, 0.3) is 0 Å². The van der Waals surface area contributed by atoms with E-state index in [4.69, 9.17) is 0 Å². The lowest BCUT2D eigenvalue weighted by Gasteiger charge is -2.37. The Morgan fingerprint density at radius 1 is 1.53 bits per heavy atom. The Labute approximate surface area is 120 Å². The summed E-state index contributed by atoms with van der Waals surface area (Å²) in [6.45, 7) is 2.57. The molecular weight excluding hydrogens is 313 g/mol. The maximum Gasteiger partial charge on any atom is 0.320 e. The van der Waals surface area contributed by atoms with Crippen LogP contribution >= 0.6 is 15.9 Å². The van der Waals surface area contributed by atoms with Gasteiger partial charge in [-0.1, -0.05) is 28.4 Å². The highest BCUT2D eigenvalue weighted by Crippen LogP contribution is 2.30. The van der Waals surface area contributed by atoms with Gasteiger partial charge in [-0.15, -0.1) is 0 Å². The first-order chi connectivity index (χ1) is 9.00. The van der Waals surface area contributed by atoms with Crippen molar-refractivity contribution in [1.29, 1.82) is 0 Å². The number of hydrogen-bond donors (Lipinski definition) is 1. The fourth-order valence-electron chi connectivity index (χ4n) is 2.70. The van der Waals surface area contributed by atoms with Crippen LogP contribution in [0.25, 0.3) is 0 Å². The minimum Gasteiger partial charge on any atom is -0.480 e. The summed E-state index contributed by atoms with van der Waals surface area (Å²) in [4.78, 5) is 13.2. The number of carboxylic acid groups (broad SMARTS) is 1. The topological polar surface area (TPSA) is 40.5 Å². The number of aliphatic carboxylic acids is 1. The molecule has 0 saturated carbocycles. The van der Waals surface area contributed by atoms with Crippen LogP contribution in [0.5, 0.6) is 0 Å². The van der Waals surface area contributed by atoms with E-state index in [0.29, 0.717) is 23.0 Å². The van der Waals surface area contributed by atoms with Gasteiger partial charge in [-0.05, 0) is 38.4 Å². The molecule has 104 valence electrons. The zero-order valence-corrected chi connectivity index (χ0v) is 12.4. The predicted octanol–water partition coefficient (Wildman–Crippen LogP) is 3.59. The lowest BCUT2D eigenvalue weighted by atomic mass is 9.97. The Kier molecular flexibility index (Phi) is 4.58. The molecule has 0 spiro atoms. The second kappa shape index (κ2) is 6.01. The van der Waals surface area contributed by atoms with Gasteiger partial charge in [-0.25, -0.2) is 4.39 Å². The lowest BCUT2D eigenvalue weighted by Crippen LogP contribution is -2.45. The molecule has 0 bridgehead atoms. The van der Waals surface area contributed by atoms with Gasteiger partial charge in [0.15, 0.2) is 0 Å². The van der Waals surface area contributed by atoms with Gasteiger partial charge in [0.2, 0.25) is 0 Å². The Morgan fingerprint density at radius 3 is 2.89 bits per heavy atom. The van der Waals surface area contributed by atoms with Crippen LogP contribution in [0.2, 0.25) is 0 Å². The number of halogens is 2. The first-order valence-electron chi connectivity index (χ1n) is 6.44. The summed E-state index contributed by atoms with van der Waals surface area (Å²) < 4.78 is 14.7. The van der Waals surface area contributed by atoms with Crippen molar-refractivity contribution < 1.29 is 14.3 Å². The molecule has 19 heavy (non-hydrogen) atoms. The third kappa shape index (κ3) is 3.15. The van der Waals surface area contributed by atoms with Crippen molar-refractivity contribution >= 4 is 21.9 Å². The van der Waals surface area contributed by atoms with E-state index in [2.05, 4.69) is 15.9 Å². The highest BCUT2D eigenvalue weighted by Gasteiger charge is 2.32. The second-order valence-corrected chi connectivity index (χ2v) is 5.85. The largest absolute Gasteiger partial charge is 0.480 e. The highest BCUT2D eigenvalue weighted by molar-refractivity contribution is 9.10. The van der Waals surface area contributed by atoms with Crippen LogP contribution in [-0.2, 0) is 4.79 Å². The van der Waals surface area contributed by atoms with E-state index < -0.39 is 12.0 Å². The summed E-state index contributed by atoms with van der Waals surface area (Å²) >= 11 is 3.23. The minimum atomic E-state index is -0.816. The summed E-state index contributed by atoms with van der Waals surface area (Å²) in [5.74, 6) is -1.11. The SMILES string of the molecule is CC(c1ccc(Br)cc1F)N1CCCCC1C(=O)O. The molecule has 1 aromatic rings. The maximum atomic E-state index is 14.0.